The fraction of sp³-hybridized carbons (Fsp3) is 0.0500. The van der Waals surface area contributed by atoms with Crippen LogP contribution >= 0.6 is 11.8 Å². The molecule has 2 heterocycles. The lowest BCUT2D eigenvalue weighted by Gasteiger charge is -2.09. The van der Waals surface area contributed by atoms with E-state index in [1.165, 1.54) is 16.4 Å². The van der Waals surface area contributed by atoms with Crippen molar-refractivity contribution >= 4 is 23.4 Å². The van der Waals surface area contributed by atoms with Gasteiger partial charge in [-0.15, -0.1) is 5.10 Å². The van der Waals surface area contributed by atoms with E-state index in [2.05, 4.69) is 25.6 Å². The van der Waals surface area contributed by atoms with Crippen LogP contribution in [0.25, 0.3) is 5.69 Å². The lowest BCUT2D eigenvalue weighted by atomic mass is 10.2. The molecule has 0 atom stereocenters. The summed E-state index contributed by atoms with van der Waals surface area (Å²) < 4.78 is 28.9. The maximum atomic E-state index is 13.9. The van der Waals surface area contributed by atoms with Crippen molar-refractivity contribution in [1.29, 1.82) is 0 Å². The number of thioether (sulfide) groups is 1. The highest BCUT2D eigenvalue weighted by atomic mass is 32.2. The maximum Gasteiger partial charge on any atom is 0.278 e. The molecule has 1 N–H and O–H groups in total. The number of anilines is 1. The SMILES string of the molecule is O=C(Nc1cc(F)ccc1F)c1nnn(-c2ccccc2)c1CSc1ncccn1. The molecule has 0 aliphatic rings. The molecule has 0 aliphatic heterocycles. The molecular formula is C20H14F2N6OS. The quantitative estimate of drug-likeness (QED) is 0.374. The molecule has 4 rings (SSSR count). The van der Waals surface area contributed by atoms with Crippen LogP contribution in [-0.2, 0) is 5.75 Å². The Morgan fingerprint density at radius 2 is 1.80 bits per heavy atom. The summed E-state index contributed by atoms with van der Waals surface area (Å²) in [5.74, 6) is -1.85. The van der Waals surface area contributed by atoms with E-state index in [1.54, 1.807) is 18.5 Å². The molecule has 0 bridgehead atoms. The zero-order valence-electron chi connectivity index (χ0n) is 15.4. The molecule has 2 aromatic carbocycles. The average Bonchev–Trinajstić information content (AvgIpc) is 3.20. The van der Waals surface area contributed by atoms with Gasteiger partial charge in [0.2, 0.25) is 0 Å². The molecule has 1 amide bonds. The summed E-state index contributed by atoms with van der Waals surface area (Å²) >= 11 is 1.29. The highest BCUT2D eigenvalue weighted by molar-refractivity contribution is 7.98. The van der Waals surface area contributed by atoms with Crippen LogP contribution in [0.15, 0.2) is 72.1 Å². The first-order valence-corrected chi connectivity index (χ1v) is 9.76. The lowest BCUT2D eigenvalue weighted by Crippen LogP contribution is -2.16. The maximum absolute atomic E-state index is 13.9. The van der Waals surface area contributed by atoms with Crippen LogP contribution < -0.4 is 5.32 Å². The zero-order chi connectivity index (χ0) is 20.9. The van der Waals surface area contributed by atoms with E-state index in [-0.39, 0.29) is 17.1 Å². The fourth-order valence-electron chi connectivity index (χ4n) is 2.65. The number of nitrogens with one attached hydrogen (secondary N) is 1. The van der Waals surface area contributed by atoms with Crippen LogP contribution in [0.2, 0.25) is 0 Å². The highest BCUT2D eigenvalue weighted by Gasteiger charge is 2.22. The number of benzene rings is 2. The molecule has 30 heavy (non-hydrogen) atoms. The molecule has 4 aromatic rings. The third-order valence-corrected chi connectivity index (χ3v) is 4.92. The number of para-hydroxylation sites is 1. The second kappa shape index (κ2) is 8.78. The molecule has 0 saturated carbocycles. The molecule has 0 fully saturated rings. The first-order chi connectivity index (χ1) is 14.6. The zero-order valence-corrected chi connectivity index (χ0v) is 16.2. The Morgan fingerprint density at radius 3 is 2.57 bits per heavy atom. The van der Waals surface area contributed by atoms with E-state index in [9.17, 15) is 13.6 Å². The van der Waals surface area contributed by atoms with Crippen molar-refractivity contribution < 1.29 is 13.6 Å². The Morgan fingerprint density at radius 1 is 1.03 bits per heavy atom. The molecule has 0 unspecified atom stereocenters. The van der Waals surface area contributed by atoms with Gasteiger partial charge in [0, 0.05) is 24.2 Å². The summed E-state index contributed by atoms with van der Waals surface area (Å²) in [6.07, 6.45) is 3.23. The van der Waals surface area contributed by atoms with Gasteiger partial charge in [0.05, 0.1) is 17.1 Å². The minimum Gasteiger partial charge on any atom is -0.318 e. The van der Waals surface area contributed by atoms with E-state index < -0.39 is 17.5 Å². The molecule has 2 aromatic heterocycles. The Hall–Kier alpha value is -3.66. The van der Waals surface area contributed by atoms with Gasteiger partial charge in [0.25, 0.3) is 5.91 Å². The number of aromatic nitrogens is 5. The smallest absolute Gasteiger partial charge is 0.278 e. The van der Waals surface area contributed by atoms with Crippen molar-refractivity contribution in [3.8, 4) is 5.69 Å². The van der Waals surface area contributed by atoms with E-state index in [1.807, 2.05) is 30.3 Å². The molecule has 0 saturated heterocycles. The number of nitrogens with zero attached hydrogens (tertiary/aromatic N) is 5. The van der Waals surface area contributed by atoms with Gasteiger partial charge in [-0.25, -0.2) is 23.4 Å². The van der Waals surface area contributed by atoms with Crippen molar-refractivity contribution in [2.24, 2.45) is 0 Å². The molecular weight excluding hydrogens is 410 g/mol. The van der Waals surface area contributed by atoms with Gasteiger partial charge in [0.15, 0.2) is 10.9 Å². The topological polar surface area (TPSA) is 85.6 Å². The van der Waals surface area contributed by atoms with Crippen molar-refractivity contribution in [2.45, 2.75) is 10.9 Å². The molecule has 0 spiro atoms. The van der Waals surface area contributed by atoms with E-state index in [0.29, 0.717) is 16.5 Å². The first kappa shape index (κ1) is 19.6. The van der Waals surface area contributed by atoms with Crippen molar-refractivity contribution in [3.63, 3.8) is 0 Å². The number of carbonyl (C=O) groups is 1. The van der Waals surface area contributed by atoms with E-state index in [4.69, 9.17) is 0 Å². The first-order valence-electron chi connectivity index (χ1n) is 8.78. The normalized spacial score (nSPS) is 10.7. The van der Waals surface area contributed by atoms with Gasteiger partial charge >= 0.3 is 0 Å². The third-order valence-electron chi connectivity index (χ3n) is 4.04. The van der Waals surface area contributed by atoms with Gasteiger partial charge in [-0.05, 0) is 30.3 Å². The summed E-state index contributed by atoms with van der Waals surface area (Å²) in [4.78, 5) is 21.1. The largest absolute Gasteiger partial charge is 0.318 e. The summed E-state index contributed by atoms with van der Waals surface area (Å²) in [7, 11) is 0. The third kappa shape index (κ3) is 4.33. The van der Waals surface area contributed by atoms with Gasteiger partial charge < -0.3 is 5.32 Å². The predicted octanol–water partition coefficient (Wildman–Crippen LogP) is 3.88. The van der Waals surface area contributed by atoms with Crippen LogP contribution in [0, 0.1) is 11.6 Å². The molecule has 0 aliphatic carbocycles. The number of carbonyl (C=O) groups excluding carboxylic acids is 1. The summed E-state index contributed by atoms with van der Waals surface area (Å²) in [5.41, 5.74) is 0.878. The number of halogens is 2. The lowest BCUT2D eigenvalue weighted by molar-refractivity contribution is 0.102. The van der Waals surface area contributed by atoms with Gasteiger partial charge in [0.1, 0.15) is 11.6 Å². The Labute approximate surface area is 174 Å². The standard InChI is InChI=1S/C20H14F2N6OS/c21-13-7-8-15(22)16(11-13)25-19(29)18-17(12-30-20-23-9-4-10-24-20)28(27-26-18)14-5-2-1-3-6-14/h1-11H,12H2,(H,25,29). The minimum absolute atomic E-state index is 0.00838. The van der Waals surface area contributed by atoms with Crippen molar-refractivity contribution in [3.05, 3.63) is 90.0 Å². The van der Waals surface area contributed by atoms with Gasteiger partial charge in [-0.3, -0.25) is 4.79 Å². The van der Waals surface area contributed by atoms with Crippen LogP contribution in [0.3, 0.4) is 0 Å². The Balaban J connectivity index is 1.67. The van der Waals surface area contributed by atoms with Gasteiger partial charge in [-0.2, -0.15) is 0 Å². The molecule has 0 radical (unpaired) electrons. The number of rotatable bonds is 6. The molecule has 10 heteroatoms. The second-order valence-corrected chi connectivity index (χ2v) is 6.97. The average molecular weight is 424 g/mol. The summed E-state index contributed by atoms with van der Waals surface area (Å²) in [6, 6.07) is 13.7. The number of hydrogen-bond donors (Lipinski definition) is 1. The van der Waals surface area contributed by atoms with E-state index in [0.717, 1.165) is 18.2 Å². The van der Waals surface area contributed by atoms with Crippen molar-refractivity contribution in [2.75, 3.05) is 5.32 Å². The molecule has 150 valence electrons. The highest BCUT2D eigenvalue weighted by Crippen LogP contribution is 2.24. The Bertz CT molecular complexity index is 1170. The Kier molecular flexibility index (Phi) is 5.75. The summed E-state index contributed by atoms with van der Waals surface area (Å²) in [6.45, 7) is 0. The van der Waals surface area contributed by atoms with Crippen LogP contribution in [0.5, 0.6) is 0 Å². The van der Waals surface area contributed by atoms with E-state index >= 15 is 0 Å². The predicted molar refractivity (Wildman–Crippen MR) is 107 cm³/mol. The number of hydrogen-bond acceptors (Lipinski definition) is 6. The fourth-order valence-corrected chi connectivity index (χ4v) is 3.45. The monoisotopic (exact) mass is 424 g/mol. The minimum atomic E-state index is -0.756. The molecule has 7 nitrogen and oxygen atoms in total. The van der Waals surface area contributed by atoms with Gasteiger partial charge in [-0.1, -0.05) is 35.2 Å². The van der Waals surface area contributed by atoms with Crippen LogP contribution in [0.4, 0.5) is 14.5 Å². The summed E-state index contributed by atoms with van der Waals surface area (Å²) in [5, 5.41) is 10.9. The van der Waals surface area contributed by atoms with Crippen LogP contribution in [0.1, 0.15) is 16.2 Å². The number of amides is 1. The second-order valence-electron chi connectivity index (χ2n) is 6.03. The van der Waals surface area contributed by atoms with Crippen LogP contribution in [-0.4, -0.2) is 30.9 Å². The van der Waals surface area contributed by atoms with Crippen molar-refractivity contribution in [1.82, 2.24) is 25.0 Å².